The molecule has 1 aromatic rings. The molecule has 14 N–H and O–H groups in total. The second-order valence-electron chi connectivity index (χ2n) is 24.3. The fraction of sp³-hybridized carbons (Fsp3) is 0.636. The number of nitrogens with two attached hydrogens (primary N) is 1. The third-order valence-corrected chi connectivity index (χ3v) is 16.6. The first kappa shape index (κ1) is 73.6. The molecule has 0 saturated carbocycles. The Kier molecular flexibility index (Phi) is 31.7. The molecular formula is C66H100N4O18. The number of amides is 1. The van der Waals surface area contributed by atoms with Crippen LogP contribution in [0.5, 0.6) is 0 Å². The molecule has 3 fully saturated rings. The van der Waals surface area contributed by atoms with E-state index in [0.717, 1.165) is 38.0 Å². The van der Waals surface area contributed by atoms with E-state index in [0.29, 0.717) is 18.5 Å². The van der Waals surface area contributed by atoms with Crippen molar-refractivity contribution in [2.24, 2.45) is 23.5 Å². The normalized spacial score (nSPS) is 34.7. The van der Waals surface area contributed by atoms with Crippen LogP contribution in [0.25, 0.3) is 0 Å². The molecule has 88 heavy (non-hydrogen) atoms. The van der Waals surface area contributed by atoms with Gasteiger partial charge in [0.15, 0.2) is 17.9 Å². The van der Waals surface area contributed by atoms with Crippen molar-refractivity contribution in [2.75, 3.05) is 38.5 Å². The van der Waals surface area contributed by atoms with Gasteiger partial charge in [0.1, 0.15) is 18.0 Å². The van der Waals surface area contributed by atoms with Crippen LogP contribution in [0.15, 0.2) is 109 Å². The predicted molar refractivity (Wildman–Crippen MR) is 331 cm³/mol. The Balaban J connectivity index is 1.35. The number of nitrogens with zero attached hydrogens (tertiary/aromatic N) is 1. The maximum atomic E-state index is 14.1. The average molecular weight is 1240 g/mol. The fourth-order valence-corrected chi connectivity index (χ4v) is 11.7. The standard InChI is InChI=1S/C66H100N4O18/c1-42-20-16-13-11-9-7-5-6-8-10-12-14-17-21-54(86-65-62(82)60(67)61(81)44(3)85-65)39-57-59(64(83)69-28-31-70-29-18-15-19-30-70)56(79)41-66(84,88-57)40-53(77)36-51(75)34-49(73)32-48(72)33-50(74)35-52(76)38-58(80)87-63(42)43(2)22-27-47(71)37-55(78)45-23-25-46(68-4)26-24-45/h5-14,16-17,20-21,23-26,42-44,47-49,51-54,56-57,59-63,65,68,71-73,75-77,79,81-82,84H,15,18-19,22,27-41,67H2,1-4H3,(H,69,83)/b6-5?,9-7?,10-8-,13-11?,14-12?,20-16?,21-17?. The van der Waals surface area contributed by atoms with Gasteiger partial charge in [-0.2, -0.15) is 0 Å². The lowest BCUT2D eigenvalue weighted by molar-refractivity contribution is -0.307. The average Bonchev–Trinajstić information content (AvgIpc) is 0.946. The number of fused-ring (bicyclic) bond motifs is 2. The van der Waals surface area contributed by atoms with Crippen molar-refractivity contribution < 1.29 is 89.2 Å². The Bertz CT molecular complexity index is 2500. The highest BCUT2D eigenvalue weighted by molar-refractivity contribution is 5.96. The minimum atomic E-state index is -2.27. The molecule has 4 aliphatic rings. The van der Waals surface area contributed by atoms with Crippen molar-refractivity contribution in [3.8, 4) is 0 Å². The summed E-state index contributed by atoms with van der Waals surface area (Å²) in [4.78, 5) is 55.8. The van der Waals surface area contributed by atoms with Gasteiger partial charge in [-0.15, -0.1) is 0 Å². The van der Waals surface area contributed by atoms with E-state index in [9.17, 15) is 70.2 Å². The van der Waals surface area contributed by atoms with E-state index in [2.05, 4.69) is 15.5 Å². The first-order chi connectivity index (χ1) is 41.9. The number of esters is 1. The van der Waals surface area contributed by atoms with Crippen molar-refractivity contribution in [3.63, 3.8) is 0 Å². The molecule has 19 unspecified atom stereocenters. The summed E-state index contributed by atoms with van der Waals surface area (Å²) in [5.41, 5.74) is 7.48. The van der Waals surface area contributed by atoms with Crippen LogP contribution in [0.3, 0.4) is 0 Å². The molecule has 492 valence electrons. The number of ether oxygens (including phenoxy) is 4. The van der Waals surface area contributed by atoms with Gasteiger partial charge in [-0.3, -0.25) is 19.2 Å². The van der Waals surface area contributed by atoms with Gasteiger partial charge in [0.05, 0.1) is 85.5 Å². The summed E-state index contributed by atoms with van der Waals surface area (Å²) in [7, 11) is 1.77. The van der Waals surface area contributed by atoms with Gasteiger partial charge in [-0.25, -0.2) is 0 Å². The second kappa shape index (κ2) is 37.9. The first-order valence-corrected chi connectivity index (χ1v) is 31.2. The lowest BCUT2D eigenvalue weighted by atomic mass is 9.82. The number of rotatable bonds is 14. The van der Waals surface area contributed by atoms with Crippen LogP contribution in [-0.4, -0.2) is 210 Å². The number of anilines is 1. The van der Waals surface area contributed by atoms with Crippen LogP contribution < -0.4 is 16.4 Å². The Morgan fingerprint density at radius 3 is 1.93 bits per heavy atom. The number of Topliss-reactive ketones (excluding diaryl/α,β-unsaturated/α-hetero) is 2. The zero-order chi connectivity index (χ0) is 64.3. The minimum absolute atomic E-state index is 0.101. The van der Waals surface area contributed by atoms with Crippen molar-refractivity contribution in [3.05, 3.63) is 115 Å². The van der Waals surface area contributed by atoms with E-state index in [1.807, 2.05) is 38.2 Å². The number of aliphatic hydroxyl groups excluding tert-OH is 9. The van der Waals surface area contributed by atoms with Gasteiger partial charge >= 0.3 is 5.97 Å². The van der Waals surface area contributed by atoms with Gasteiger partial charge in [-0.05, 0) is 95.1 Å². The molecule has 1 aromatic carbocycles. The second-order valence-corrected chi connectivity index (χ2v) is 24.3. The summed E-state index contributed by atoms with van der Waals surface area (Å²) in [6.45, 7) is 7.91. The van der Waals surface area contributed by atoms with E-state index in [1.54, 1.807) is 99.0 Å². The number of hydrogen-bond acceptors (Lipinski definition) is 21. The molecule has 3 saturated heterocycles. The van der Waals surface area contributed by atoms with Crippen LogP contribution in [0, 0.1) is 17.8 Å². The summed E-state index contributed by atoms with van der Waals surface area (Å²) in [6.07, 6.45) is 6.78. The summed E-state index contributed by atoms with van der Waals surface area (Å²) in [5, 5.41) is 117. The topological polar surface area (TPSA) is 361 Å². The van der Waals surface area contributed by atoms with Crippen LogP contribution in [0.2, 0.25) is 0 Å². The van der Waals surface area contributed by atoms with Crippen molar-refractivity contribution in [1.29, 1.82) is 0 Å². The monoisotopic (exact) mass is 1240 g/mol. The SMILES string of the molecule is CNc1ccc(C(=O)CC(O)CCC(C)C2OC(=O)CC(O)CC(=O)CC(O)CC(O)CC(O)CC(O)CC3(O)CC(O)C(C(=O)NCCN4CCCCC4)C(CC(OC4OC(C)C(O)C(N)C4O)C=CC=C/C=C\C=CC=CC=CC=CC2C)O3)cc1. The van der Waals surface area contributed by atoms with Gasteiger partial charge in [0.2, 0.25) is 5.91 Å². The Hall–Kier alpha value is -5.12. The Morgan fingerprint density at radius 2 is 1.31 bits per heavy atom. The minimum Gasteiger partial charge on any atom is -0.461 e. The van der Waals surface area contributed by atoms with E-state index in [1.165, 1.54) is 0 Å². The van der Waals surface area contributed by atoms with Crippen LogP contribution in [-0.2, 0) is 33.3 Å². The number of ketones is 2. The summed E-state index contributed by atoms with van der Waals surface area (Å²) in [5.74, 6) is -6.39. The summed E-state index contributed by atoms with van der Waals surface area (Å²) >= 11 is 0. The molecule has 4 heterocycles. The highest BCUT2D eigenvalue weighted by Gasteiger charge is 2.51. The molecule has 0 spiro atoms. The van der Waals surface area contributed by atoms with Crippen LogP contribution in [0.4, 0.5) is 5.69 Å². The van der Waals surface area contributed by atoms with Gasteiger partial charge in [-0.1, -0.05) is 105 Å². The van der Waals surface area contributed by atoms with Crippen LogP contribution in [0.1, 0.15) is 127 Å². The summed E-state index contributed by atoms with van der Waals surface area (Å²) in [6, 6.07) is 5.79. The third kappa shape index (κ3) is 25.6. The Morgan fingerprint density at radius 1 is 0.727 bits per heavy atom. The van der Waals surface area contributed by atoms with Crippen LogP contribution >= 0.6 is 0 Å². The molecule has 22 nitrogen and oxygen atoms in total. The number of cyclic esters (lactones) is 1. The lowest BCUT2D eigenvalue weighted by Gasteiger charge is -2.46. The largest absolute Gasteiger partial charge is 0.461 e. The van der Waals surface area contributed by atoms with Gasteiger partial charge < -0.3 is 91.3 Å². The van der Waals surface area contributed by atoms with Crippen molar-refractivity contribution >= 4 is 29.1 Å². The molecule has 19 atom stereocenters. The number of benzene rings is 1. The highest BCUT2D eigenvalue weighted by atomic mass is 16.7. The number of carbonyl (C=O) groups excluding carboxylic acids is 4. The zero-order valence-corrected chi connectivity index (χ0v) is 51.5. The Labute approximate surface area is 518 Å². The number of nitrogens with one attached hydrogen (secondary N) is 2. The lowest BCUT2D eigenvalue weighted by Crippen LogP contribution is -2.62. The molecule has 2 bridgehead atoms. The quantitative estimate of drug-likeness (QED) is 0.0939. The number of allylic oxidation sites excluding steroid dienone is 12. The molecule has 5 rings (SSSR count). The van der Waals surface area contributed by atoms with E-state index >= 15 is 0 Å². The smallest absolute Gasteiger partial charge is 0.308 e. The molecule has 4 aliphatic heterocycles. The zero-order valence-electron chi connectivity index (χ0n) is 51.5. The maximum Gasteiger partial charge on any atom is 0.308 e. The number of aliphatic hydroxyl groups is 10. The highest BCUT2D eigenvalue weighted by Crippen LogP contribution is 2.38. The van der Waals surface area contributed by atoms with Gasteiger partial charge in [0, 0.05) is 75.8 Å². The fourth-order valence-electron chi connectivity index (χ4n) is 11.7. The number of hydrogen-bond donors (Lipinski definition) is 13. The number of likely N-dealkylation sites (tertiary alicyclic amines) is 1. The number of piperidine rings is 1. The molecular weight excluding hydrogens is 1140 g/mol. The van der Waals surface area contributed by atoms with Crippen molar-refractivity contribution in [1.82, 2.24) is 10.2 Å². The first-order valence-electron chi connectivity index (χ1n) is 31.2. The molecule has 1 amide bonds. The predicted octanol–water partition coefficient (Wildman–Crippen LogP) is 3.26. The van der Waals surface area contributed by atoms with E-state index < -0.39 is 160 Å². The third-order valence-electron chi connectivity index (χ3n) is 16.6. The summed E-state index contributed by atoms with van der Waals surface area (Å²) < 4.78 is 24.4. The van der Waals surface area contributed by atoms with Gasteiger partial charge in [0.25, 0.3) is 0 Å². The molecule has 0 aliphatic carbocycles. The molecule has 0 aromatic heterocycles. The van der Waals surface area contributed by atoms with Crippen molar-refractivity contribution in [2.45, 2.75) is 215 Å². The molecule has 0 radical (unpaired) electrons. The van der Waals surface area contributed by atoms with E-state index in [-0.39, 0.29) is 56.3 Å². The molecule has 22 heteroatoms. The maximum absolute atomic E-state index is 14.1. The number of carbonyl (C=O) groups is 4. The van der Waals surface area contributed by atoms with E-state index in [4.69, 9.17) is 24.7 Å².